The molecule has 2 aromatic rings. The minimum atomic E-state index is -3.66. The highest BCUT2D eigenvalue weighted by Crippen LogP contribution is 2.35. The van der Waals surface area contributed by atoms with Crippen molar-refractivity contribution in [3.8, 4) is 0 Å². The highest BCUT2D eigenvalue weighted by molar-refractivity contribution is 7.89. The third-order valence-corrected chi connectivity index (χ3v) is 7.49. The first-order valence-electron chi connectivity index (χ1n) is 10.2. The second kappa shape index (κ2) is 8.78. The highest BCUT2D eigenvalue weighted by atomic mass is 32.2. The van der Waals surface area contributed by atoms with Crippen molar-refractivity contribution in [3.63, 3.8) is 0 Å². The van der Waals surface area contributed by atoms with Crippen LogP contribution >= 0.6 is 0 Å². The summed E-state index contributed by atoms with van der Waals surface area (Å²) in [7, 11) is -3.66. The van der Waals surface area contributed by atoms with Gasteiger partial charge in [-0.3, -0.25) is 14.5 Å². The number of sulfonamides is 1. The topological polar surface area (TPSA) is 96.0 Å². The van der Waals surface area contributed by atoms with Crippen LogP contribution in [0.1, 0.15) is 18.1 Å². The van der Waals surface area contributed by atoms with Crippen LogP contribution in [-0.2, 0) is 37.3 Å². The van der Waals surface area contributed by atoms with Crippen molar-refractivity contribution in [1.82, 2.24) is 9.62 Å². The molecule has 0 bridgehead atoms. The van der Waals surface area contributed by atoms with Crippen molar-refractivity contribution in [3.05, 3.63) is 59.7 Å². The number of morpholine rings is 1. The lowest BCUT2D eigenvalue weighted by molar-refractivity contribution is -0.125. The lowest BCUT2D eigenvalue weighted by Crippen LogP contribution is -2.47. The summed E-state index contributed by atoms with van der Waals surface area (Å²) in [5.74, 6) is -0.532. The van der Waals surface area contributed by atoms with Crippen molar-refractivity contribution in [2.75, 3.05) is 31.2 Å². The Labute approximate surface area is 181 Å². The number of nitrogens with zero attached hydrogens (tertiary/aromatic N) is 2. The summed E-state index contributed by atoms with van der Waals surface area (Å²) in [6.07, 6.45) is 0.266. The molecular formula is C22H25N3O5S. The number of ether oxygens (including phenoxy) is 1. The second-order valence-electron chi connectivity index (χ2n) is 7.62. The lowest BCUT2D eigenvalue weighted by atomic mass is 10.1. The summed E-state index contributed by atoms with van der Waals surface area (Å²) >= 11 is 0. The number of carbonyl (C=O) groups is 2. The van der Waals surface area contributed by atoms with Crippen molar-refractivity contribution >= 4 is 27.5 Å². The molecule has 8 nitrogen and oxygen atoms in total. The Bertz CT molecular complexity index is 1080. The minimum Gasteiger partial charge on any atom is -0.379 e. The number of rotatable bonds is 5. The number of hydrogen-bond donors (Lipinski definition) is 1. The number of hydrogen-bond acceptors (Lipinski definition) is 5. The monoisotopic (exact) mass is 443 g/mol. The SMILES string of the molecule is CC(=O)N1c2ccc(S(=O)(=O)N3CCOCC3)cc2CC1C(=O)NCc1ccccc1. The fourth-order valence-corrected chi connectivity index (χ4v) is 5.49. The molecule has 1 unspecified atom stereocenters. The van der Waals surface area contributed by atoms with E-state index in [0.717, 1.165) is 5.56 Å². The van der Waals surface area contributed by atoms with Crippen LogP contribution in [0.2, 0.25) is 0 Å². The van der Waals surface area contributed by atoms with Crippen LogP contribution in [0, 0.1) is 0 Å². The third-order valence-electron chi connectivity index (χ3n) is 5.59. The molecule has 0 aliphatic carbocycles. The summed E-state index contributed by atoms with van der Waals surface area (Å²) in [5.41, 5.74) is 2.21. The zero-order valence-electron chi connectivity index (χ0n) is 17.3. The van der Waals surface area contributed by atoms with E-state index in [1.54, 1.807) is 12.1 Å². The van der Waals surface area contributed by atoms with Gasteiger partial charge in [0.15, 0.2) is 0 Å². The zero-order valence-corrected chi connectivity index (χ0v) is 18.1. The number of fused-ring (bicyclic) bond motifs is 1. The summed E-state index contributed by atoms with van der Waals surface area (Å²) in [4.78, 5) is 26.8. The van der Waals surface area contributed by atoms with Crippen LogP contribution in [0.5, 0.6) is 0 Å². The van der Waals surface area contributed by atoms with Crippen LogP contribution in [0.25, 0.3) is 0 Å². The van der Waals surface area contributed by atoms with E-state index in [-0.39, 0.29) is 23.1 Å². The van der Waals surface area contributed by atoms with Crippen LogP contribution in [0.15, 0.2) is 53.4 Å². The molecule has 31 heavy (non-hydrogen) atoms. The molecule has 1 N–H and O–H groups in total. The first-order valence-corrected chi connectivity index (χ1v) is 11.6. The van der Waals surface area contributed by atoms with Crippen LogP contribution in [-0.4, -0.2) is 56.9 Å². The van der Waals surface area contributed by atoms with Gasteiger partial charge >= 0.3 is 0 Å². The quantitative estimate of drug-likeness (QED) is 0.752. The molecular weight excluding hydrogens is 418 g/mol. The Kier molecular flexibility index (Phi) is 6.08. The van der Waals surface area contributed by atoms with Crippen LogP contribution in [0.3, 0.4) is 0 Å². The number of amides is 2. The molecule has 4 rings (SSSR count). The molecule has 2 aromatic carbocycles. The Hall–Kier alpha value is -2.75. The average Bonchev–Trinajstić information content (AvgIpc) is 3.18. The fraction of sp³-hybridized carbons (Fsp3) is 0.364. The molecule has 1 fully saturated rings. The molecule has 0 spiro atoms. The third kappa shape index (κ3) is 4.34. The van der Waals surface area contributed by atoms with Gasteiger partial charge in [0.1, 0.15) is 6.04 Å². The molecule has 0 aromatic heterocycles. The van der Waals surface area contributed by atoms with Gasteiger partial charge in [0.05, 0.1) is 18.1 Å². The maximum absolute atomic E-state index is 13.0. The van der Waals surface area contributed by atoms with Gasteiger partial charge in [0, 0.05) is 38.7 Å². The maximum atomic E-state index is 13.0. The van der Waals surface area contributed by atoms with E-state index in [4.69, 9.17) is 4.74 Å². The van der Waals surface area contributed by atoms with Gasteiger partial charge in [-0.15, -0.1) is 0 Å². The summed E-state index contributed by atoms with van der Waals surface area (Å²) in [6.45, 7) is 3.12. The molecule has 0 saturated carbocycles. The minimum absolute atomic E-state index is 0.169. The van der Waals surface area contributed by atoms with Gasteiger partial charge in [0.25, 0.3) is 0 Å². The highest BCUT2D eigenvalue weighted by Gasteiger charge is 2.38. The number of benzene rings is 2. The Morgan fingerprint density at radius 3 is 2.48 bits per heavy atom. The van der Waals surface area contributed by atoms with Crippen LogP contribution < -0.4 is 10.2 Å². The van der Waals surface area contributed by atoms with Crippen molar-refractivity contribution in [1.29, 1.82) is 0 Å². The summed E-state index contributed by atoms with van der Waals surface area (Å²) in [6, 6.07) is 13.5. The standard InChI is InChI=1S/C22H25N3O5S/c1-16(26)25-20-8-7-19(31(28,29)24-9-11-30-12-10-24)13-18(20)14-21(25)22(27)23-15-17-5-3-2-4-6-17/h2-8,13,21H,9-12,14-15H2,1H3,(H,23,27). The average molecular weight is 444 g/mol. The molecule has 2 amide bonds. The number of carbonyl (C=O) groups excluding carboxylic acids is 2. The van der Waals surface area contributed by atoms with E-state index >= 15 is 0 Å². The predicted molar refractivity (Wildman–Crippen MR) is 115 cm³/mol. The van der Waals surface area contributed by atoms with Gasteiger partial charge in [-0.1, -0.05) is 30.3 Å². The van der Waals surface area contributed by atoms with Gasteiger partial charge in [-0.2, -0.15) is 4.31 Å². The largest absolute Gasteiger partial charge is 0.379 e. The molecule has 9 heteroatoms. The fourth-order valence-electron chi connectivity index (χ4n) is 4.03. The van der Waals surface area contributed by atoms with E-state index in [1.807, 2.05) is 30.3 Å². The molecule has 1 saturated heterocycles. The van der Waals surface area contributed by atoms with Crippen LogP contribution in [0.4, 0.5) is 5.69 Å². The molecule has 2 aliphatic rings. The Morgan fingerprint density at radius 1 is 1.10 bits per heavy atom. The van der Waals surface area contributed by atoms with Gasteiger partial charge < -0.3 is 10.1 Å². The van der Waals surface area contributed by atoms with E-state index in [2.05, 4.69) is 5.32 Å². The normalized spacial score (nSPS) is 19.1. The van der Waals surface area contributed by atoms with E-state index in [9.17, 15) is 18.0 Å². The second-order valence-corrected chi connectivity index (χ2v) is 9.56. The first-order chi connectivity index (χ1) is 14.9. The zero-order chi connectivity index (χ0) is 22.0. The molecule has 164 valence electrons. The van der Waals surface area contributed by atoms with Gasteiger partial charge in [-0.05, 0) is 29.3 Å². The molecule has 2 heterocycles. The Morgan fingerprint density at radius 2 is 1.81 bits per heavy atom. The van der Waals surface area contributed by atoms with E-state index in [0.29, 0.717) is 44.1 Å². The van der Waals surface area contributed by atoms with Gasteiger partial charge in [0.2, 0.25) is 21.8 Å². The smallest absolute Gasteiger partial charge is 0.243 e. The van der Waals surface area contributed by atoms with E-state index in [1.165, 1.54) is 22.2 Å². The van der Waals surface area contributed by atoms with Crippen molar-refractivity contribution in [2.45, 2.75) is 30.8 Å². The first kappa shape index (κ1) is 21.5. The molecule has 2 aliphatic heterocycles. The Balaban J connectivity index is 1.55. The summed E-state index contributed by atoms with van der Waals surface area (Å²) in [5, 5.41) is 2.88. The predicted octanol–water partition coefficient (Wildman–Crippen LogP) is 1.30. The number of anilines is 1. The summed E-state index contributed by atoms with van der Waals surface area (Å²) < 4.78 is 32.6. The van der Waals surface area contributed by atoms with Crippen molar-refractivity contribution < 1.29 is 22.7 Å². The van der Waals surface area contributed by atoms with E-state index < -0.39 is 16.1 Å². The van der Waals surface area contributed by atoms with Crippen molar-refractivity contribution in [2.24, 2.45) is 0 Å². The molecule has 0 radical (unpaired) electrons. The van der Waals surface area contributed by atoms with Gasteiger partial charge in [-0.25, -0.2) is 8.42 Å². The lowest BCUT2D eigenvalue weighted by Gasteiger charge is -2.26. The number of nitrogens with one attached hydrogen (secondary N) is 1. The maximum Gasteiger partial charge on any atom is 0.243 e. The molecule has 1 atom stereocenters.